The zero-order chi connectivity index (χ0) is 20.1. The number of phenols is 1. The van der Waals surface area contributed by atoms with Crippen molar-refractivity contribution >= 4 is 5.82 Å². The summed E-state index contributed by atoms with van der Waals surface area (Å²) in [6.45, 7) is 0.775. The van der Waals surface area contributed by atoms with Gasteiger partial charge in [0, 0.05) is 24.7 Å². The highest BCUT2D eigenvalue weighted by Gasteiger charge is 2.14. The van der Waals surface area contributed by atoms with Crippen molar-refractivity contribution in [3.05, 3.63) is 96.7 Å². The Kier molecular flexibility index (Phi) is 5.52. The Morgan fingerprint density at radius 3 is 2.10 bits per heavy atom. The van der Waals surface area contributed by atoms with Gasteiger partial charge in [-0.2, -0.15) is 0 Å². The number of aromatic nitrogens is 2. The van der Waals surface area contributed by atoms with Crippen LogP contribution in [0.15, 0.2) is 91.1 Å². The molecule has 1 N–H and O–H groups in total. The molecule has 0 bridgehead atoms. The van der Waals surface area contributed by atoms with Crippen LogP contribution in [0.5, 0.6) is 5.75 Å². The monoisotopic (exact) mass is 381 g/mol. The lowest BCUT2D eigenvalue weighted by atomic mass is 10.0. The molecule has 1 aromatic heterocycles. The average Bonchev–Trinajstić information content (AvgIpc) is 2.78. The zero-order valence-electron chi connectivity index (χ0n) is 16.4. The van der Waals surface area contributed by atoms with Gasteiger partial charge in [-0.15, -0.1) is 0 Å². The Balaban J connectivity index is 1.64. The Labute approximate surface area is 171 Å². The summed E-state index contributed by atoms with van der Waals surface area (Å²) in [5, 5.41) is 9.66. The molecule has 0 saturated carbocycles. The van der Waals surface area contributed by atoms with Gasteiger partial charge in [0.1, 0.15) is 11.6 Å². The van der Waals surface area contributed by atoms with E-state index in [1.165, 1.54) is 0 Å². The molecule has 4 rings (SSSR count). The van der Waals surface area contributed by atoms with E-state index in [0.29, 0.717) is 5.75 Å². The Morgan fingerprint density at radius 1 is 0.793 bits per heavy atom. The van der Waals surface area contributed by atoms with E-state index in [1.807, 2.05) is 61.8 Å². The first kappa shape index (κ1) is 18.7. The lowest BCUT2D eigenvalue weighted by Gasteiger charge is -2.20. The first-order valence-corrected chi connectivity index (χ1v) is 9.67. The number of phenolic OH excluding ortho intramolecular Hbond substituents is 1. The number of rotatable bonds is 6. The maximum atomic E-state index is 9.66. The molecule has 4 nitrogen and oxygen atoms in total. The minimum atomic E-state index is 0.295. The van der Waals surface area contributed by atoms with E-state index in [-0.39, 0.29) is 0 Å². The predicted octanol–water partition coefficient (Wildman–Crippen LogP) is 5.20. The highest BCUT2D eigenvalue weighted by atomic mass is 16.3. The molecule has 0 aliphatic carbocycles. The van der Waals surface area contributed by atoms with Crippen LogP contribution in [0.4, 0.5) is 5.82 Å². The van der Waals surface area contributed by atoms with Crippen molar-refractivity contribution < 1.29 is 5.11 Å². The molecule has 0 spiro atoms. The topological polar surface area (TPSA) is 49.2 Å². The number of nitrogens with zero attached hydrogens (tertiary/aromatic N) is 3. The summed E-state index contributed by atoms with van der Waals surface area (Å²) in [7, 11) is 2.02. The summed E-state index contributed by atoms with van der Waals surface area (Å²) in [4.78, 5) is 11.8. The summed E-state index contributed by atoms with van der Waals surface area (Å²) in [5.41, 5.74) is 4.93. The van der Waals surface area contributed by atoms with E-state index >= 15 is 0 Å². The number of benzene rings is 3. The molecule has 0 fully saturated rings. The largest absolute Gasteiger partial charge is 0.508 e. The summed E-state index contributed by atoms with van der Waals surface area (Å²) < 4.78 is 0. The van der Waals surface area contributed by atoms with Crippen molar-refractivity contribution in [2.45, 2.75) is 6.42 Å². The van der Waals surface area contributed by atoms with Crippen LogP contribution in [0.2, 0.25) is 0 Å². The number of hydrogen-bond donors (Lipinski definition) is 1. The van der Waals surface area contributed by atoms with Crippen LogP contribution in [0.1, 0.15) is 5.56 Å². The highest BCUT2D eigenvalue weighted by molar-refractivity contribution is 5.78. The van der Waals surface area contributed by atoms with Gasteiger partial charge < -0.3 is 10.0 Å². The third-order valence-electron chi connectivity index (χ3n) is 4.89. The standard InChI is InChI=1S/C25H23N3O/c1-28(16-15-19-9-8-14-22(29)17-19)23-18-26-24(20-10-4-2-5-11-20)25(27-23)21-12-6-3-7-13-21/h2-14,17-18,29H,15-16H2,1H3. The zero-order valence-corrected chi connectivity index (χ0v) is 16.4. The second-order valence-corrected chi connectivity index (χ2v) is 7.00. The van der Waals surface area contributed by atoms with E-state index in [4.69, 9.17) is 9.97 Å². The minimum absolute atomic E-state index is 0.295. The smallest absolute Gasteiger partial charge is 0.147 e. The van der Waals surface area contributed by atoms with Crippen LogP contribution < -0.4 is 4.90 Å². The summed E-state index contributed by atoms with van der Waals surface area (Å²) >= 11 is 0. The van der Waals surface area contributed by atoms with Crippen LogP contribution in [0.25, 0.3) is 22.5 Å². The maximum Gasteiger partial charge on any atom is 0.147 e. The molecule has 0 saturated heterocycles. The fraction of sp³-hybridized carbons (Fsp3) is 0.120. The molecular formula is C25H23N3O. The van der Waals surface area contributed by atoms with Gasteiger partial charge in [-0.3, -0.25) is 4.98 Å². The maximum absolute atomic E-state index is 9.66. The van der Waals surface area contributed by atoms with E-state index in [0.717, 1.165) is 46.9 Å². The van der Waals surface area contributed by atoms with Gasteiger partial charge in [0.25, 0.3) is 0 Å². The normalized spacial score (nSPS) is 10.7. The van der Waals surface area contributed by atoms with Crippen LogP contribution >= 0.6 is 0 Å². The molecule has 1 heterocycles. The quantitative estimate of drug-likeness (QED) is 0.499. The number of hydrogen-bond acceptors (Lipinski definition) is 4. The first-order valence-electron chi connectivity index (χ1n) is 9.67. The van der Waals surface area contributed by atoms with Crippen LogP contribution in [0, 0.1) is 0 Å². The minimum Gasteiger partial charge on any atom is -0.508 e. The number of likely N-dealkylation sites (N-methyl/N-ethyl adjacent to an activating group) is 1. The molecule has 0 aliphatic rings. The van der Waals surface area contributed by atoms with Gasteiger partial charge in [0.05, 0.1) is 17.6 Å². The second-order valence-electron chi connectivity index (χ2n) is 7.00. The van der Waals surface area contributed by atoms with Crippen LogP contribution in [-0.4, -0.2) is 28.7 Å². The Bertz CT molecular complexity index is 1080. The molecule has 0 unspecified atom stereocenters. The number of anilines is 1. The molecule has 0 amide bonds. The average molecular weight is 381 g/mol. The fourth-order valence-electron chi connectivity index (χ4n) is 3.29. The van der Waals surface area contributed by atoms with Crippen molar-refractivity contribution in [1.82, 2.24) is 9.97 Å². The summed E-state index contributed by atoms with van der Waals surface area (Å²) in [6, 6.07) is 27.7. The first-order chi connectivity index (χ1) is 14.2. The van der Waals surface area contributed by atoms with Gasteiger partial charge in [0.15, 0.2) is 0 Å². The predicted molar refractivity (Wildman–Crippen MR) is 118 cm³/mol. The summed E-state index contributed by atoms with van der Waals surface area (Å²) in [5.74, 6) is 1.12. The highest BCUT2D eigenvalue weighted by Crippen LogP contribution is 2.30. The van der Waals surface area contributed by atoms with Gasteiger partial charge in [0.2, 0.25) is 0 Å². The van der Waals surface area contributed by atoms with Crippen molar-refractivity contribution in [2.75, 3.05) is 18.5 Å². The van der Waals surface area contributed by atoms with E-state index < -0.39 is 0 Å². The summed E-state index contributed by atoms with van der Waals surface area (Å²) in [6.07, 6.45) is 2.64. The second kappa shape index (κ2) is 8.57. The van der Waals surface area contributed by atoms with E-state index in [2.05, 4.69) is 29.2 Å². The third kappa shape index (κ3) is 4.43. The molecule has 144 valence electrons. The Morgan fingerprint density at radius 2 is 1.45 bits per heavy atom. The van der Waals surface area contributed by atoms with E-state index in [1.54, 1.807) is 12.1 Å². The lowest BCUT2D eigenvalue weighted by Crippen LogP contribution is -2.22. The molecule has 0 radical (unpaired) electrons. The van der Waals surface area contributed by atoms with Gasteiger partial charge in [-0.1, -0.05) is 72.8 Å². The van der Waals surface area contributed by atoms with Gasteiger partial charge in [-0.05, 0) is 24.1 Å². The van der Waals surface area contributed by atoms with Crippen molar-refractivity contribution in [1.29, 1.82) is 0 Å². The fourth-order valence-corrected chi connectivity index (χ4v) is 3.29. The molecule has 29 heavy (non-hydrogen) atoms. The lowest BCUT2D eigenvalue weighted by molar-refractivity contribution is 0.474. The molecule has 0 atom stereocenters. The SMILES string of the molecule is CN(CCc1cccc(O)c1)c1cnc(-c2ccccc2)c(-c2ccccc2)n1. The van der Waals surface area contributed by atoms with Gasteiger partial charge >= 0.3 is 0 Å². The van der Waals surface area contributed by atoms with Crippen molar-refractivity contribution in [3.8, 4) is 28.3 Å². The van der Waals surface area contributed by atoms with Crippen molar-refractivity contribution in [3.63, 3.8) is 0 Å². The van der Waals surface area contributed by atoms with Gasteiger partial charge in [-0.25, -0.2) is 4.98 Å². The molecule has 0 aliphatic heterocycles. The Hall–Kier alpha value is -3.66. The van der Waals surface area contributed by atoms with E-state index in [9.17, 15) is 5.11 Å². The molecular weight excluding hydrogens is 358 g/mol. The molecule has 4 heteroatoms. The van der Waals surface area contributed by atoms with Crippen LogP contribution in [-0.2, 0) is 6.42 Å². The molecule has 3 aromatic carbocycles. The molecule has 4 aromatic rings. The van der Waals surface area contributed by atoms with Crippen molar-refractivity contribution in [2.24, 2.45) is 0 Å². The van der Waals surface area contributed by atoms with Crippen LogP contribution in [0.3, 0.4) is 0 Å². The third-order valence-corrected chi connectivity index (χ3v) is 4.89. The number of aromatic hydroxyl groups is 1.